The number of hydrogen-bond donors (Lipinski definition) is 2. The van der Waals surface area contributed by atoms with Crippen LogP contribution in [0.2, 0.25) is 0 Å². The summed E-state index contributed by atoms with van der Waals surface area (Å²) in [5.41, 5.74) is 5.43. The Kier molecular flexibility index (Phi) is 5.77. The Balaban J connectivity index is 2.91. The summed E-state index contributed by atoms with van der Waals surface area (Å²) >= 11 is 0. The number of ether oxygens (including phenoxy) is 2. The fourth-order valence-corrected chi connectivity index (χ4v) is 2.02. The third-order valence-electron chi connectivity index (χ3n) is 3.29. The van der Waals surface area contributed by atoms with Gasteiger partial charge in [-0.2, -0.15) is 0 Å². The van der Waals surface area contributed by atoms with E-state index in [9.17, 15) is 9.18 Å². The molecule has 1 amide bonds. The highest BCUT2D eigenvalue weighted by molar-refractivity contribution is 5.68. The minimum atomic E-state index is -0.601. The third-order valence-corrected chi connectivity index (χ3v) is 3.29. The van der Waals surface area contributed by atoms with Crippen LogP contribution in [0.1, 0.15) is 33.3 Å². The van der Waals surface area contributed by atoms with E-state index in [-0.39, 0.29) is 18.9 Å². The van der Waals surface area contributed by atoms with Crippen LogP contribution in [-0.2, 0) is 10.2 Å². The normalized spacial score (nSPS) is 14.1. The summed E-state index contributed by atoms with van der Waals surface area (Å²) in [5, 5.41) is 2.70. The van der Waals surface area contributed by atoms with Gasteiger partial charge >= 0.3 is 6.09 Å². The highest BCUT2D eigenvalue weighted by Crippen LogP contribution is 2.31. The maximum absolute atomic E-state index is 13.3. The number of alkyl carbamates (subject to hydrolysis) is 1. The number of nitrogens with one attached hydrogen (secondary N) is 1. The molecule has 0 bridgehead atoms. The van der Waals surface area contributed by atoms with Gasteiger partial charge in [0.15, 0.2) is 0 Å². The fraction of sp³-hybridized carbons (Fsp3) is 0.562. The molecule has 0 aliphatic rings. The molecular formula is C16H25FN2O3. The largest absolute Gasteiger partial charge is 0.496 e. The van der Waals surface area contributed by atoms with Crippen molar-refractivity contribution in [2.75, 3.05) is 20.2 Å². The van der Waals surface area contributed by atoms with Crippen molar-refractivity contribution >= 4 is 6.09 Å². The molecule has 0 heterocycles. The monoisotopic (exact) mass is 312 g/mol. The van der Waals surface area contributed by atoms with E-state index in [1.165, 1.54) is 19.2 Å². The van der Waals surface area contributed by atoms with Gasteiger partial charge in [0, 0.05) is 30.1 Å². The van der Waals surface area contributed by atoms with Crippen LogP contribution >= 0.6 is 0 Å². The molecule has 0 aromatic heterocycles. The van der Waals surface area contributed by atoms with E-state index >= 15 is 0 Å². The lowest BCUT2D eigenvalue weighted by molar-refractivity contribution is 0.0516. The predicted molar refractivity (Wildman–Crippen MR) is 83.6 cm³/mol. The molecule has 0 aliphatic heterocycles. The molecule has 0 fully saturated rings. The lowest BCUT2D eigenvalue weighted by Gasteiger charge is -2.31. The Hall–Kier alpha value is -1.82. The first-order chi connectivity index (χ1) is 10.1. The fourth-order valence-electron chi connectivity index (χ4n) is 2.02. The van der Waals surface area contributed by atoms with Crippen LogP contribution in [0.3, 0.4) is 0 Å². The molecule has 1 aromatic rings. The minimum Gasteiger partial charge on any atom is -0.496 e. The van der Waals surface area contributed by atoms with Gasteiger partial charge in [-0.05, 0) is 26.8 Å². The van der Waals surface area contributed by atoms with Gasteiger partial charge in [0.05, 0.1) is 7.11 Å². The van der Waals surface area contributed by atoms with Crippen molar-refractivity contribution in [2.45, 2.75) is 38.7 Å². The second kappa shape index (κ2) is 6.96. The molecule has 0 saturated heterocycles. The number of halogens is 1. The summed E-state index contributed by atoms with van der Waals surface area (Å²) in [6.45, 7) is 7.75. The Bertz CT molecular complexity index is 529. The van der Waals surface area contributed by atoms with Gasteiger partial charge in [0.1, 0.15) is 17.2 Å². The van der Waals surface area contributed by atoms with Crippen molar-refractivity contribution in [2.24, 2.45) is 5.73 Å². The smallest absolute Gasteiger partial charge is 0.407 e. The van der Waals surface area contributed by atoms with Gasteiger partial charge < -0.3 is 20.5 Å². The summed E-state index contributed by atoms with van der Waals surface area (Å²) in [5.74, 6) is 0.0130. The second-order valence-electron chi connectivity index (χ2n) is 6.46. The van der Waals surface area contributed by atoms with Crippen molar-refractivity contribution in [3.63, 3.8) is 0 Å². The number of benzene rings is 1. The van der Waals surface area contributed by atoms with Gasteiger partial charge in [-0.1, -0.05) is 13.0 Å². The molecule has 0 saturated carbocycles. The number of rotatable bonds is 5. The van der Waals surface area contributed by atoms with E-state index < -0.39 is 17.1 Å². The first-order valence-electron chi connectivity index (χ1n) is 7.12. The van der Waals surface area contributed by atoms with Crippen LogP contribution in [0.25, 0.3) is 0 Å². The van der Waals surface area contributed by atoms with Gasteiger partial charge in [-0.25, -0.2) is 9.18 Å². The van der Waals surface area contributed by atoms with E-state index in [0.29, 0.717) is 5.75 Å². The first-order valence-corrected chi connectivity index (χ1v) is 7.12. The van der Waals surface area contributed by atoms with Gasteiger partial charge in [-0.15, -0.1) is 0 Å². The van der Waals surface area contributed by atoms with Crippen LogP contribution in [0.5, 0.6) is 5.75 Å². The Morgan fingerprint density at radius 1 is 1.32 bits per heavy atom. The molecule has 1 aromatic carbocycles. The molecule has 5 nitrogen and oxygen atoms in total. The van der Waals surface area contributed by atoms with E-state index in [2.05, 4.69) is 5.32 Å². The zero-order chi connectivity index (χ0) is 17.0. The van der Waals surface area contributed by atoms with Crippen molar-refractivity contribution in [3.05, 3.63) is 29.6 Å². The topological polar surface area (TPSA) is 73.6 Å². The van der Waals surface area contributed by atoms with Crippen LogP contribution in [0.15, 0.2) is 18.2 Å². The van der Waals surface area contributed by atoms with Crippen LogP contribution in [0, 0.1) is 5.82 Å². The van der Waals surface area contributed by atoms with Crippen LogP contribution in [0.4, 0.5) is 9.18 Å². The number of methoxy groups -OCH3 is 1. The summed E-state index contributed by atoms with van der Waals surface area (Å²) in [4.78, 5) is 11.8. The summed E-state index contributed by atoms with van der Waals surface area (Å²) in [6, 6.07) is 4.27. The van der Waals surface area contributed by atoms with Gasteiger partial charge in [-0.3, -0.25) is 0 Å². The predicted octanol–water partition coefficient (Wildman–Crippen LogP) is 2.58. The number of amides is 1. The SMILES string of the molecule is COc1cc(F)ccc1C(C)(CN)CNC(=O)OC(C)(C)C. The van der Waals surface area contributed by atoms with Crippen molar-refractivity contribution < 1.29 is 18.7 Å². The van der Waals surface area contributed by atoms with Gasteiger partial charge in [0.25, 0.3) is 0 Å². The van der Waals surface area contributed by atoms with Crippen molar-refractivity contribution in [1.29, 1.82) is 0 Å². The average molecular weight is 312 g/mol. The maximum atomic E-state index is 13.3. The Labute approximate surface area is 131 Å². The summed E-state index contributed by atoms with van der Waals surface area (Å²) in [6.07, 6.45) is -0.520. The third kappa shape index (κ3) is 4.87. The lowest BCUT2D eigenvalue weighted by atomic mass is 9.81. The first kappa shape index (κ1) is 18.2. The molecule has 0 aliphatic carbocycles. The van der Waals surface area contributed by atoms with Gasteiger partial charge in [0.2, 0.25) is 0 Å². The van der Waals surface area contributed by atoms with E-state index in [1.54, 1.807) is 26.8 Å². The van der Waals surface area contributed by atoms with E-state index in [4.69, 9.17) is 15.2 Å². The van der Waals surface area contributed by atoms with E-state index in [1.807, 2.05) is 6.92 Å². The maximum Gasteiger partial charge on any atom is 0.407 e. The molecular weight excluding hydrogens is 287 g/mol. The molecule has 22 heavy (non-hydrogen) atoms. The number of nitrogens with two attached hydrogens (primary N) is 1. The molecule has 0 spiro atoms. The van der Waals surface area contributed by atoms with Crippen LogP contribution in [-0.4, -0.2) is 31.9 Å². The Morgan fingerprint density at radius 2 is 1.95 bits per heavy atom. The highest BCUT2D eigenvalue weighted by atomic mass is 19.1. The highest BCUT2D eigenvalue weighted by Gasteiger charge is 2.30. The summed E-state index contributed by atoms with van der Waals surface area (Å²) in [7, 11) is 1.47. The molecule has 1 rings (SSSR count). The zero-order valence-electron chi connectivity index (χ0n) is 13.8. The standard InChI is InChI=1S/C16H25FN2O3/c1-15(2,3)22-14(20)19-10-16(4,9-18)12-7-6-11(17)8-13(12)21-5/h6-8H,9-10,18H2,1-5H3,(H,19,20). The molecule has 6 heteroatoms. The minimum absolute atomic E-state index is 0.250. The second-order valence-corrected chi connectivity index (χ2v) is 6.46. The molecule has 1 unspecified atom stereocenters. The van der Waals surface area contributed by atoms with Crippen LogP contribution < -0.4 is 15.8 Å². The zero-order valence-corrected chi connectivity index (χ0v) is 13.8. The summed E-state index contributed by atoms with van der Waals surface area (Å²) < 4.78 is 23.8. The number of carbonyl (C=O) groups is 1. The molecule has 3 N–H and O–H groups in total. The number of hydrogen-bond acceptors (Lipinski definition) is 4. The lowest BCUT2D eigenvalue weighted by Crippen LogP contribution is -2.45. The van der Waals surface area contributed by atoms with Crippen molar-refractivity contribution in [1.82, 2.24) is 5.32 Å². The molecule has 124 valence electrons. The quantitative estimate of drug-likeness (QED) is 0.876. The van der Waals surface area contributed by atoms with E-state index in [0.717, 1.165) is 5.56 Å². The molecule has 1 atom stereocenters. The number of carbonyl (C=O) groups excluding carboxylic acids is 1. The van der Waals surface area contributed by atoms with Crippen molar-refractivity contribution in [3.8, 4) is 5.75 Å². The molecule has 0 radical (unpaired) electrons. The average Bonchev–Trinajstić information content (AvgIpc) is 2.42. The Morgan fingerprint density at radius 3 is 2.45 bits per heavy atom.